The van der Waals surface area contributed by atoms with E-state index >= 15 is 0 Å². The second kappa shape index (κ2) is 10.3. The number of piperazine rings is 1. The molecule has 0 aromatic heterocycles. The van der Waals surface area contributed by atoms with Crippen molar-refractivity contribution in [1.82, 2.24) is 10.2 Å². The molecule has 196 valence electrons. The molecule has 1 unspecified atom stereocenters. The number of carbonyl (C=O) groups excluding carboxylic acids is 1. The van der Waals surface area contributed by atoms with Gasteiger partial charge in [-0.15, -0.1) is 0 Å². The number of benzene rings is 1. The van der Waals surface area contributed by atoms with Crippen LogP contribution in [-0.4, -0.2) is 59.8 Å². The van der Waals surface area contributed by atoms with Gasteiger partial charge in [0.2, 0.25) is 0 Å². The Hall–Kier alpha value is -2.79. The fourth-order valence-corrected chi connectivity index (χ4v) is 5.60. The van der Waals surface area contributed by atoms with Crippen LogP contribution in [0.2, 0.25) is 0 Å². The maximum Gasteiger partial charge on any atom is 0.317 e. The van der Waals surface area contributed by atoms with Gasteiger partial charge in [-0.05, 0) is 67.7 Å². The molecule has 1 saturated carbocycles. The third kappa shape index (κ3) is 5.31. The van der Waals surface area contributed by atoms with Crippen molar-refractivity contribution in [3.63, 3.8) is 0 Å². The number of nitriles is 1. The number of hydrogen-bond acceptors (Lipinski definition) is 5. The fourth-order valence-electron chi connectivity index (χ4n) is 5.60. The molecule has 36 heavy (non-hydrogen) atoms. The third-order valence-electron chi connectivity index (χ3n) is 8.03. The molecule has 1 aliphatic carbocycles. The summed E-state index contributed by atoms with van der Waals surface area (Å²) in [7, 11) is 0. The molecule has 8 nitrogen and oxygen atoms in total. The molecule has 0 radical (unpaired) electrons. The van der Waals surface area contributed by atoms with Gasteiger partial charge in [-0.25, -0.2) is 4.79 Å². The zero-order chi connectivity index (χ0) is 26.2. The second-order valence-corrected chi connectivity index (χ2v) is 11.5. The summed E-state index contributed by atoms with van der Waals surface area (Å²) in [6, 6.07) is 4.49. The zero-order valence-corrected chi connectivity index (χ0v) is 22.3. The molecule has 0 spiro atoms. The Morgan fingerprint density at radius 2 is 2.00 bits per heavy atom. The minimum atomic E-state index is -0.889. The predicted molar refractivity (Wildman–Crippen MR) is 138 cm³/mol. The van der Waals surface area contributed by atoms with Gasteiger partial charge in [-0.3, -0.25) is 4.79 Å². The molecular formula is C28H40N4O4. The van der Waals surface area contributed by atoms with Crippen molar-refractivity contribution in [3.8, 4) is 6.07 Å². The number of fused-ring (bicyclic) bond motifs is 1. The van der Waals surface area contributed by atoms with E-state index in [9.17, 15) is 20.0 Å². The first-order chi connectivity index (χ1) is 17.1. The van der Waals surface area contributed by atoms with Crippen LogP contribution in [0, 0.1) is 23.2 Å². The van der Waals surface area contributed by atoms with Crippen LogP contribution in [0.3, 0.4) is 0 Å². The van der Waals surface area contributed by atoms with Crippen LogP contribution in [0.1, 0.15) is 82.1 Å². The number of anilines is 1. The molecule has 1 aromatic carbocycles. The van der Waals surface area contributed by atoms with Gasteiger partial charge in [-0.1, -0.05) is 20.8 Å². The van der Waals surface area contributed by atoms with E-state index < -0.39 is 11.9 Å². The molecule has 0 bridgehead atoms. The Morgan fingerprint density at radius 1 is 1.28 bits per heavy atom. The number of carboxylic acid groups (broad SMARTS) is 1. The lowest BCUT2D eigenvalue weighted by atomic mass is 9.83. The molecule has 2 atom stereocenters. The highest BCUT2D eigenvalue weighted by Gasteiger charge is 2.38. The molecule has 2 heterocycles. The first kappa shape index (κ1) is 26.3. The molecule has 4 rings (SSSR count). The first-order valence-corrected chi connectivity index (χ1v) is 13.3. The quantitative estimate of drug-likeness (QED) is 0.584. The van der Waals surface area contributed by atoms with Crippen LogP contribution in [0.5, 0.6) is 0 Å². The van der Waals surface area contributed by atoms with E-state index in [1.54, 1.807) is 0 Å². The van der Waals surface area contributed by atoms with Gasteiger partial charge < -0.3 is 25.0 Å². The summed E-state index contributed by atoms with van der Waals surface area (Å²) >= 11 is 0. The van der Waals surface area contributed by atoms with Crippen LogP contribution < -0.4 is 10.2 Å². The smallest absolute Gasteiger partial charge is 0.317 e. The summed E-state index contributed by atoms with van der Waals surface area (Å²) in [6.07, 6.45) is 3.55. The molecule has 8 heteroatoms. The maximum atomic E-state index is 13.1. The molecular weight excluding hydrogens is 456 g/mol. The fraction of sp³-hybridized carbons (Fsp3) is 0.679. The number of urea groups is 1. The third-order valence-corrected chi connectivity index (χ3v) is 8.03. The van der Waals surface area contributed by atoms with Gasteiger partial charge in [0.25, 0.3) is 0 Å². The van der Waals surface area contributed by atoms with Crippen molar-refractivity contribution < 1.29 is 19.4 Å². The number of hydrogen-bond donors (Lipinski definition) is 2. The number of carbonyl (C=O) groups is 2. The minimum absolute atomic E-state index is 0.0459. The average molecular weight is 497 g/mol. The molecule has 2 fully saturated rings. The number of nitrogens with one attached hydrogen (secondary N) is 1. The van der Waals surface area contributed by atoms with Crippen molar-refractivity contribution >= 4 is 17.7 Å². The van der Waals surface area contributed by atoms with Gasteiger partial charge in [0.05, 0.1) is 35.4 Å². The highest BCUT2D eigenvalue weighted by atomic mass is 16.5. The van der Waals surface area contributed by atoms with Crippen LogP contribution >= 0.6 is 0 Å². The Labute approximate surface area is 214 Å². The van der Waals surface area contributed by atoms with Gasteiger partial charge in [0.15, 0.2) is 0 Å². The highest BCUT2D eigenvalue weighted by molar-refractivity contribution is 5.77. The number of amides is 2. The second-order valence-electron chi connectivity index (χ2n) is 11.5. The highest BCUT2D eigenvalue weighted by Crippen LogP contribution is 2.47. The molecule has 2 aliphatic heterocycles. The van der Waals surface area contributed by atoms with Crippen LogP contribution in [0.15, 0.2) is 6.07 Å². The van der Waals surface area contributed by atoms with Crippen molar-refractivity contribution in [2.75, 3.05) is 31.1 Å². The Morgan fingerprint density at radius 3 is 2.58 bits per heavy atom. The van der Waals surface area contributed by atoms with Crippen LogP contribution in [0.4, 0.5) is 10.5 Å². The first-order valence-electron chi connectivity index (χ1n) is 13.3. The van der Waals surface area contributed by atoms with Crippen LogP contribution in [-0.2, 0) is 22.6 Å². The van der Waals surface area contributed by atoms with E-state index in [0.717, 1.165) is 23.2 Å². The summed E-state index contributed by atoms with van der Waals surface area (Å²) in [5.41, 5.74) is 5.10. The van der Waals surface area contributed by atoms with Gasteiger partial charge in [0.1, 0.15) is 6.07 Å². The van der Waals surface area contributed by atoms with Crippen LogP contribution in [0.25, 0.3) is 0 Å². The lowest BCUT2D eigenvalue weighted by Crippen LogP contribution is -2.60. The van der Waals surface area contributed by atoms with E-state index in [1.165, 1.54) is 24.0 Å². The SMILES string of the molecule is CC[C@H](CNC(=O)N1CCN(c2cc(C3CC3)c3c(c2C#N)CC(C)(C)OC3)CC1C(C)C)C(=O)O. The summed E-state index contributed by atoms with van der Waals surface area (Å²) in [5.74, 6) is -0.725. The number of aliphatic carboxylic acids is 1. The standard InChI is InChI=1S/C28H40N4O4/c1-6-18(26(33)34)14-30-27(35)32-10-9-31(15-25(32)17(2)3)24-11-20(19-7-8-19)23-16-36-28(4,5)12-21(23)22(24)13-29/h11,17-19,25H,6-10,12,14-16H2,1-5H3,(H,30,35)(H,33,34)/t18-,25?/m1/s1. The number of ether oxygens (including phenoxy) is 1. The lowest BCUT2D eigenvalue weighted by molar-refractivity contribution is -0.141. The van der Waals surface area contributed by atoms with E-state index in [2.05, 4.69) is 50.0 Å². The summed E-state index contributed by atoms with van der Waals surface area (Å²) in [5, 5.41) is 22.5. The van der Waals surface area contributed by atoms with E-state index in [1.807, 2.05) is 11.8 Å². The zero-order valence-electron chi connectivity index (χ0n) is 22.3. The van der Waals surface area contributed by atoms with E-state index in [-0.39, 0.29) is 30.1 Å². The molecule has 1 saturated heterocycles. The molecule has 2 N–H and O–H groups in total. The Bertz CT molecular complexity index is 1060. The van der Waals surface area contributed by atoms with Crippen molar-refractivity contribution in [2.24, 2.45) is 11.8 Å². The summed E-state index contributed by atoms with van der Waals surface area (Å²) in [6.45, 7) is 12.7. The van der Waals surface area contributed by atoms with Gasteiger partial charge >= 0.3 is 12.0 Å². The van der Waals surface area contributed by atoms with Gasteiger partial charge in [0, 0.05) is 32.6 Å². The van der Waals surface area contributed by atoms with Crippen molar-refractivity contribution in [1.29, 1.82) is 5.26 Å². The monoisotopic (exact) mass is 496 g/mol. The predicted octanol–water partition coefficient (Wildman–Crippen LogP) is 4.25. The average Bonchev–Trinajstić information content (AvgIpc) is 3.67. The van der Waals surface area contributed by atoms with E-state index in [4.69, 9.17) is 4.74 Å². The van der Waals surface area contributed by atoms with Gasteiger partial charge in [-0.2, -0.15) is 5.26 Å². The number of carboxylic acids is 1. The summed E-state index contributed by atoms with van der Waals surface area (Å²) in [4.78, 5) is 28.6. The maximum absolute atomic E-state index is 13.1. The largest absolute Gasteiger partial charge is 0.481 e. The number of nitrogens with zero attached hydrogens (tertiary/aromatic N) is 3. The molecule has 3 aliphatic rings. The topological polar surface area (TPSA) is 106 Å². The van der Waals surface area contributed by atoms with Crippen molar-refractivity contribution in [3.05, 3.63) is 28.3 Å². The molecule has 2 amide bonds. The minimum Gasteiger partial charge on any atom is -0.481 e. The molecule has 1 aromatic rings. The number of rotatable bonds is 7. The van der Waals surface area contributed by atoms with Crippen molar-refractivity contribution in [2.45, 2.75) is 84.5 Å². The lowest BCUT2D eigenvalue weighted by Gasteiger charge is -2.45. The Kier molecular flexibility index (Phi) is 7.51. The normalized spacial score (nSPS) is 22.1. The summed E-state index contributed by atoms with van der Waals surface area (Å²) < 4.78 is 6.14. The van der Waals surface area contributed by atoms with E-state index in [0.29, 0.717) is 38.6 Å². The Balaban J connectivity index is 1.60.